The number of rotatable bonds is 4. The number of hydrogen-bond donors (Lipinski definition) is 0. The van der Waals surface area contributed by atoms with Crippen molar-refractivity contribution >= 4 is 12.3 Å². The third-order valence-corrected chi connectivity index (χ3v) is 2.08. The van der Waals surface area contributed by atoms with Gasteiger partial charge >= 0.3 is 5.97 Å². The molecular formula is C11H12O5. The molecule has 5 heteroatoms. The lowest BCUT2D eigenvalue weighted by Crippen LogP contribution is -2.06. The van der Waals surface area contributed by atoms with Gasteiger partial charge in [0.1, 0.15) is 17.1 Å². The van der Waals surface area contributed by atoms with E-state index in [1.54, 1.807) is 0 Å². The van der Waals surface area contributed by atoms with E-state index in [1.807, 2.05) is 0 Å². The summed E-state index contributed by atoms with van der Waals surface area (Å²) in [4.78, 5) is 22.2. The van der Waals surface area contributed by atoms with E-state index in [-0.39, 0.29) is 11.1 Å². The van der Waals surface area contributed by atoms with Crippen LogP contribution in [0, 0.1) is 0 Å². The van der Waals surface area contributed by atoms with E-state index in [0.29, 0.717) is 17.8 Å². The fourth-order valence-electron chi connectivity index (χ4n) is 1.29. The van der Waals surface area contributed by atoms with Gasteiger partial charge in [0.2, 0.25) is 0 Å². The minimum absolute atomic E-state index is 0.188. The molecule has 5 nitrogen and oxygen atoms in total. The van der Waals surface area contributed by atoms with Crippen molar-refractivity contribution in [3.05, 3.63) is 23.3 Å². The number of carbonyl (C=O) groups is 2. The van der Waals surface area contributed by atoms with Gasteiger partial charge in [-0.2, -0.15) is 0 Å². The first-order chi connectivity index (χ1) is 7.67. The van der Waals surface area contributed by atoms with Gasteiger partial charge in [0, 0.05) is 6.07 Å². The summed E-state index contributed by atoms with van der Waals surface area (Å²) in [5, 5.41) is 0. The summed E-state index contributed by atoms with van der Waals surface area (Å²) in [6.45, 7) is 0. The fourth-order valence-corrected chi connectivity index (χ4v) is 1.29. The van der Waals surface area contributed by atoms with Crippen molar-refractivity contribution < 1.29 is 23.8 Å². The minimum Gasteiger partial charge on any atom is -0.496 e. The first kappa shape index (κ1) is 12.0. The Morgan fingerprint density at radius 1 is 1.12 bits per heavy atom. The van der Waals surface area contributed by atoms with Crippen LogP contribution < -0.4 is 9.47 Å². The lowest BCUT2D eigenvalue weighted by atomic mass is 10.1. The van der Waals surface area contributed by atoms with Gasteiger partial charge in [0.25, 0.3) is 0 Å². The van der Waals surface area contributed by atoms with E-state index in [1.165, 1.54) is 33.5 Å². The largest absolute Gasteiger partial charge is 0.496 e. The van der Waals surface area contributed by atoms with E-state index in [4.69, 9.17) is 9.47 Å². The highest BCUT2D eigenvalue weighted by Gasteiger charge is 2.16. The van der Waals surface area contributed by atoms with Crippen molar-refractivity contribution in [3.8, 4) is 11.5 Å². The molecule has 1 aromatic carbocycles. The SMILES string of the molecule is COC(=O)c1cc(C=O)c(OC)cc1OC. The van der Waals surface area contributed by atoms with Gasteiger partial charge in [0.05, 0.1) is 26.9 Å². The Morgan fingerprint density at radius 3 is 2.19 bits per heavy atom. The van der Waals surface area contributed by atoms with Gasteiger partial charge in [-0.3, -0.25) is 4.79 Å². The summed E-state index contributed by atoms with van der Waals surface area (Å²) >= 11 is 0. The van der Waals surface area contributed by atoms with Crippen molar-refractivity contribution in [2.75, 3.05) is 21.3 Å². The third-order valence-electron chi connectivity index (χ3n) is 2.08. The fraction of sp³-hybridized carbons (Fsp3) is 0.273. The van der Waals surface area contributed by atoms with Gasteiger partial charge < -0.3 is 14.2 Å². The van der Waals surface area contributed by atoms with Gasteiger partial charge in [-0.25, -0.2) is 4.79 Å². The topological polar surface area (TPSA) is 61.8 Å². The monoisotopic (exact) mass is 224 g/mol. The molecule has 0 spiro atoms. The minimum atomic E-state index is -0.567. The highest BCUT2D eigenvalue weighted by atomic mass is 16.5. The molecule has 0 heterocycles. The van der Waals surface area contributed by atoms with Crippen LogP contribution in [0.4, 0.5) is 0 Å². The van der Waals surface area contributed by atoms with Crippen molar-refractivity contribution in [1.29, 1.82) is 0 Å². The normalized spacial score (nSPS) is 9.44. The Balaban J connectivity index is 3.37. The Kier molecular flexibility index (Phi) is 3.88. The predicted octanol–water partition coefficient (Wildman–Crippen LogP) is 1.30. The highest BCUT2D eigenvalue weighted by molar-refractivity contribution is 5.95. The van der Waals surface area contributed by atoms with Crippen LogP contribution in [-0.4, -0.2) is 33.6 Å². The molecule has 0 N–H and O–H groups in total. The van der Waals surface area contributed by atoms with Crippen molar-refractivity contribution in [2.45, 2.75) is 0 Å². The molecule has 0 saturated heterocycles. The second-order valence-corrected chi connectivity index (χ2v) is 2.90. The molecule has 0 radical (unpaired) electrons. The molecule has 0 aliphatic heterocycles. The van der Waals surface area contributed by atoms with Crippen LogP contribution in [0.2, 0.25) is 0 Å². The number of esters is 1. The van der Waals surface area contributed by atoms with E-state index in [0.717, 1.165) is 0 Å². The molecule has 0 aliphatic carbocycles. The molecule has 16 heavy (non-hydrogen) atoms. The van der Waals surface area contributed by atoms with E-state index >= 15 is 0 Å². The zero-order valence-electron chi connectivity index (χ0n) is 9.27. The molecule has 0 saturated carbocycles. The first-order valence-corrected chi connectivity index (χ1v) is 4.47. The number of carbonyl (C=O) groups excluding carboxylic acids is 2. The first-order valence-electron chi connectivity index (χ1n) is 4.47. The lowest BCUT2D eigenvalue weighted by Gasteiger charge is -2.10. The second kappa shape index (κ2) is 5.16. The average Bonchev–Trinajstić information content (AvgIpc) is 2.35. The van der Waals surface area contributed by atoms with Crippen LogP contribution in [0.15, 0.2) is 12.1 Å². The zero-order chi connectivity index (χ0) is 12.1. The lowest BCUT2D eigenvalue weighted by molar-refractivity contribution is 0.0597. The van der Waals surface area contributed by atoms with Crippen molar-refractivity contribution in [1.82, 2.24) is 0 Å². The van der Waals surface area contributed by atoms with Crippen molar-refractivity contribution in [2.24, 2.45) is 0 Å². The summed E-state index contributed by atoms with van der Waals surface area (Å²) in [6.07, 6.45) is 0.602. The predicted molar refractivity (Wildman–Crippen MR) is 56.3 cm³/mol. The van der Waals surface area contributed by atoms with Gasteiger partial charge in [-0.15, -0.1) is 0 Å². The molecule has 1 aromatic rings. The molecule has 0 amide bonds. The maximum absolute atomic E-state index is 11.4. The van der Waals surface area contributed by atoms with Gasteiger partial charge in [-0.05, 0) is 6.07 Å². The summed E-state index contributed by atoms with van der Waals surface area (Å²) in [7, 11) is 4.11. The van der Waals surface area contributed by atoms with Crippen LogP contribution in [0.3, 0.4) is 0 Å². The number of benzene rings is 1. The van der Waals surface area contributed by atoms with E-state index in [9.17, 15) is 9.59 Å². The molecule has 0 fully saturated rings. The van der Waals surface area contributed by atoms with Crippen LogP contribution in [0.25, 0.3) is 0 Å². The highest BCUT2D eigenvalue weighted by Crippen LogP contribution is 2.28. The molecule has 0 aromatic heterocycles. The number of aldehydes is 1. The molecule has 0 unspecified atom stereocenters. The maximum atomic E-state index is 11.4. The maximum Gasteiger partial charge on any atom is 0.341 e. The summed E-state index contributed by atoms with van der Waals surface area (Å²) in [5.74, 6) is 0.0800. The third kappa shape index (κ3) is 2.13. The van der Waals surface area contributed by atoms with Crippen LogP contribution >= 0.6 is 0 Å². The van der Waals surface area contributed by atoms with E-state index < -0.39 is 5.97 Å². The quantitative estimate of drug-likeness (QED) is 0.570. The number of hydrogen-bond acceptors (Lipinski definition) is 5. The van der Waals surface area contributed by atoms with Gasteiger partial charge in [-0.1, -0.05) is 0 Å². The van der Waals surface area contributed by atoms with Crippen LogP contribution in [0.5, 0.6) is 11.5 Å². The van der Waals surface area contributed by atoms with Crippen LogP contribution in [0.1, 0.15) is 20.7 Å². The Hall–Kier alpha value is -2.04. The molecule has 0 atom stereocenters. The summed E-state index contributed by atoms with van der Waals surface area (Å²) < 4.78 is 14.6. The second-order valence-electron chi connectivity index (χ2n) is 2.90. The summed E-state index contributed by atoms with van der Waals surface area (Å²) in [5.41, 5.74) is 0.455. The smallest absolute Gasteiger partial charge is 0.341 e. The number of ether oxygens (including phenoxy) is 3. The van der Waals surface area contributed by atoms with E-state index in [2.05, 4.69) is 4.74 Å². The standard InChI is InChI=1S/C11H12O5/c1-14-9-5-10(15-2)8(11(13)16-3)4-7(9)6-12/h4-6H,1-3H3. The average molecular weight is 224 g/mol. The Morgan fingerprint density at radius 2 is 1.75 bits per heavy atom. The Bertz CT molecular complexity index is 411. The molecule has 0 aliphatic rings. The van der Waals surface area contributed by atoms with Gasteiger partial charge in [0.15, 0.2) is 6.29 Å². The molecule has 1 rings (SSSR count). The Labute approximate surface area is 92.9 Å². The van der Waals surface area contributed by atoms with Crippen LogP contribution in [-0.2, 0) is 4.74 Å². The number of methoxy groups -OCH3 is 3. The molecular weight excluding hydrogens is 212 g/mol. The molecule has 86 valence electrons. The summed E-state index contributed by atoms with van der Waals surface area (Å²) in [6, 6.07) is 2.84. The molecule has 0 bridgehead atoms. The van der Waals surface area contributed by atoms with Crippen molar-refractivity contribution in [3.63, 3.8) is 0 Å². The zero-order valence-corrected chi connectivity index (χ0v) is 9.27.